The van der Waals surface area contributed by atoms with Crippen molar-refractivity contribution >= 4 is 17.8 Å². The lowest BCUT2D eigenvalue weighted by Crippen LogP contribution is -2.59. The number of nitrogens with one attached hydrogen (secondary N) is 2. The number of aromatic nitrogens is 1. The molecular weight excluding hydrogens is 402 g/mol. The van der Waals surface area contributed by atoms with Crippen molar-refractivity contribution in [1.82, 2.24) is 9.88 Å². The van der Waals surface area contributed by atoms with Crippen LogP contribution in [-0.2, 0) is 11.0 Å². The highest BCUT2D eigenvalue weighted by Crippen LogP contribution is 2.36. The van der Waals surface area contributed by atoms with Gasteiger partial charge in [-0.1, -0.05) is 12.1 Å². The monoisotopic (exact) mass is 416 g/mol. The third-order valence-corrected chi connectivity index (χ3v) is 4.30. The summed E-state index contributed by atoms with van der Waals surface area (Å²) in [5.74, 6) is -5.02. The van der Waals surface area contributed by atoms with E-state index in [4.69, 9.17) is 5.41 Å². The number of carbonyl (C=O) groups is 1. The van der Waals surface area contributed by atoms with E-state index in [1.807, 2.05) is 0 Å². The summed E-state index contributed by atoms with van der Waals surface area (Å²) in [6, 6.07) is 4.04. The first kappa shape index (κ1) is 20.6. The molecule has 5 nitrogen and oxygen atoms in total. The van der Waals surface area contributed by atoms with Gasteiger partial charge in [0.1, 0.15) is 11.5 Å². The molecule has 0 bridgehead atoms. The lowest BCUT2D eigenvalue weighted by Gasteiger charge is -2.38. The van der Waals surface area contributed by atoms with E-state index < -0.39 is 49.0 Å². The molecule has 11 heteroatoms. The van der Waals surface area contributed by atoms with Gasteiger partial charge in [-0.05, 0) is 12.1 Å². The minimum Gasteiger partial charge on any atom is -0.374 e. The maximum atomic E-state index is 14.4. The van der Waals surface area contributed by atoms with Crippen molar-refractivity contribution in [2.45, 2.75) is 12.1 Å². The van der Waals surface area contributed by atoms with Crippen molar-refractivity contribution in [3.05, 3.63) is 47.5 Å². The van der Waals surface area contributed by atoms with Gasteiger partial charge in [0.15, 0.2) is 0 Å². The molecule has 0 spiro atoms. The number of anilines is 1. The van der Waals surface area contributed by atoms with Crippen LogP contribution in [0.3, 0.4) is 0 Å². The maximum Gasteiger partial charge on any atom is 0.419 e. The molecule has 29 heavy (non-hydrogen) atoms. The molecule has 0 atom stereocenters. The highest BCUT2D eigenvalue weighted by atomic mass is 19.4. The molecule has 1 aromatic carbocycles. The SMILES string of the molecule is N=Cc1ncc(-c2cccc(C(F)(F)F)c2F)cc1NCC(=O)N1CC(F)(F)C1. The Kier molecular flexibility index (Phi) is 5.24. The van der Waals surface area contributed by atoms with Crippen molar-refractivity contribution < 1.29 is 31.1 Å². The summed E-state index contributed by atoms with van der Waals surface area (Å²) < 4.78 is 78.9. The van der Waals surface area contributed by atoms with Gasteiger partial charge in [-0.3, -0.25) is 9.78 Å². The summed E-state index contributed by atoms with van der Waals surface area (Å²) in [5.41, 5.74) is -1.68. The molecule has 2 N–H and O–H groups in total. The molecule has 0 saturated carbocycles. The molecule has 0 radical (unpaired) electrons. The van der Waals surface area contributed by atoms with Crippen LogP contribution in [-0.4, -0.2) is 47.6 Å². The summed E-state index contributed by atoms with van der Waals surface area (Å²) in [4.78, 5) is 16.7. The van der Waals surface area contributed by atoms with Gasteiger partial charge in [0, 0.05) is 23.5 Å². The molecule has 3 rings (SSSR count). The Morgan fingerprint density at radius 2 is 2.00 bits per heavy atom. The number of pyridine rings is 1. The zero-order valence-electron chi connectivity index (χ0n) is 14.7. The zero-order valence-corrected chi connectivity index (χ0v) is 14.7. The summed E-state index contributed by atoms with van der Waals surface area (Å²) in [7, 11) is 0. The minimum atomic E-state index is -4.88. The first-order valence-corrected chi connectivity index (χ1v) is 8.28. The molecule has 1 fully saturated rings. The lowest BCUT2D eigenvalue weighted by molar-refractivity contribution is -0.163. The van der Waals surface area contributed by atoms with Crippen LogP contribution in [0.15, 0.2) is 30.5 Å². The molecule has 2 aromatic rings. The van der Waals surface area contributed by atoms with E-state index in [9.17, 15) is 31.1 Å². The van der Waals surface area contributed by atoms with E-state index in [1.54, 1.807) is 0 Å². The first-order chi connectivity index (χ1) is 13.5. The number of hydrogen-bond donors (Lipinski definition) is 2. The molecule has 154 valence electrons. The minimum absolute atomic E-state index is 0.00960. The highest BCUT2D eigenvalue weighted by molar-refractivity contribution is 5.88. The third kappa shape index (κ3) is 4.33. The van der Waals surface area contributed by atoms with Crippen molar-refractivity contribution in [3.8, 4) is 11.1 Å². The second-order valence-corrected chi connectivity index (χ2v) is 6.43. The van der Waals surface area contributed by atoms with Crippen molar-refractivity contribution in [2.75, 3.05) is 25.0 Å². The predicted octanol–water partition coefficient (Wildman–Crippen LogP) is 3.79. The number of nitrogens with zero attached hydrogens (tertiary/aromatic N) is 2. The topological polar surface area (TPSA) is 69.1 Å². The van der Waals surface area contributed by atoms with Gasteiger partial charge in [0.25, 0.3) is 5.92 Å². The van der Waals surface area contributed by atoms with Crippen molar-refractivity contribution in [1.29, 1.82) is 5.41 Å². The normalized spacial score (nSPS) is 15.6. The van der Waals surface area contributed by atoms with Crippen LogP contribution in [0.1, 0.15) is 11.3 Å². The molecule has 1 aliphatic heterocycles. The number of hydrogen-bond acceptors (Lipinski definition) is 4. The van der Waals surface area contributed by atoms with Crippen LogP contribution in [0.2, 0.25) is 0 Å². The standard InChI is InChI=1S/C18H14F6N4O/c19-16-11(2-1-3-12(16)18(22,23)24)10-4-13(14(5-25)26-6-10)27-7-15(29)28-8-17(20,21)9-28/h1-6,25,27H,7-9H2. The predicted molar refractivity (Wildman–Crippen MR) is 92.5 cm³/mol. The van der Waals surface area contributed by atoms with Crippen LogP contribution < -0.4 is 5.32 Å². The average molecular weight is 416 g/mol. The number of carbonyl (C=O) groups excluding carboxylic acids is 1. The summed E-state index contributed by atoms with van der Waals surface area (Å²) in [6.07, 6.45) is -2.95. The van der Waals surface area contributed by atoms with Gasteiger partial charge >= 0.3 is 6.18 Å². The van der Waals surface area contributed by atoms with Crippen molar-refractivity contribution in [3.63, 3.8) is 0 Å². The summed E-state index contributed by atoms with van der Waals surface area (Å²) >= 11 is 0. The van der Waals surface area contributed by atoms with Gasteiger partial charge in [-0.25, -0.2) is 13.2 Å². The Morgan fingerprint density at radius 3 is 2.59 bits per heavy atom. The Morgan fingerprint density at radius 1 is 1.31 bits per heavy atom. The first-order valence-electron chi connectivity index (χ1n) is 8.28. The lowest BCUT2D eigenvalue weighted by atomic mass is 10.0. The zero-order chi connectivity index (χ0) is 21.4. The molecule has 1 aliphatic rings. The molecule has 1 amide bonds. The van der Waals surface area contributed by atoms with E-state index in [2.05, 4.69) is 10.3 Å². The van der Waals surface area contributed by atoms with Crippen LogP contribution in [0.25, 0.3) is 11.1 Å². The molecule has 1 aromatic heterocycles. The van der Waals surface area contributed by atoms with E-state index in [-0.39, 0.29) is 22.5 Å². The second-order valence-electron chi connectivity index (χ2n) is 6.43. The Labute approximate surface area is 160 Å². The number of alkyl halides is 5. The number of benzene rings is 1. The number of likely N-dealkylation sites (tertiary alicyclic amines) is 1. The van der Waals surface area contributed by atoms with Crippen LogP contribution in [0, 0.1) is 11.2 Å². The van der Waals surface area contributed by atoms with Gasteiger partial charge in [0.2, 0.25) is 5.91 Å². The van der Waals surface area contributed by atoms with Crippen LogP contribution in [0.5, 0.6) is 0 Å². The fourth-order valence-corrected chi connectivity index (χ4v) is 2.82. The molecule has 0 unspecified atom stereocenters. The Hall–Kier alpha value is -3.11. The quantitative estimate of drug-likeness (QED) is 0.576. The molecule has 0 aliphatic carbocycles. The third-order valence-electron chi connectivity index (χ3n) is 4.30. The van der Waals surface area contributed by atoms with Crippen LogP contribution in [0.4, 0.5) is 32.0 Å². The largest absolute Gasteiger partial charge is 0.419 e. The summed E-state index contributed by atoms with van der Waals surface area (Å²) in [6.45, 7) is -1.79. The van der Waals surface area contributed by atoms with Crippen molar-refractivity contribution in [2.24, 2.45) is 0 Å². The van der Waals surface area contributed by atoms with Crippen LogP contribution >= 0.6 is 0 Å². The van der Waals surface area contributed by atoms with E-state index in [0.29, 0.717) is 6.07 Å². The average Bonchev–Trinajstić information content (AvgIpc) is 2.63. The van der Waals surface area contributed by atoms with Gasteiger partial charge in [-0.2, -0.15) is 13.2 Å². The molecule has 2 heterocycles. The maximum absolute atomic E-state index is 14.4. The fourth-order valence-electron chi connectivity index (χ4n) is 2.82. The second kappa shape index (κ2) is 7.37. The molecular formula is C18H14F6N4O. The number of halogens is 6. The highest BCUT2D eigenvalue weighted by Gasteiger charge is 2.46. The van der Waals surface area contributed by atoms with E-state index >= 15 is 0 Å². The Balaban J connectivity index is 1.85. The smallest absolute Gasteiger partial charge is 0.374 e. The fraction of sp³-hybridized carbons (Fsp3) is 0.278. The number of rotatable bonds is 5. The van der Waals surface area contributed by atoms with E-state index in [0.717, 1.165) is 29.4 Å². The summed E-state index contributed by atoms with van der Waals surface area (Å²) in [5, 5.41) is 9.96. The Bertz CT molecular complexity index is 952. The van der Waals surface area contributed by atoms with Gasteiger partial charge in [-0.15, -0.1) is 0 Å². The number of amides is 1. The van der Waals surface area contributed by atoms with Gasteiger partial charge in [0.05, 0.1) is 30.9 Å². The van der Waals surface area contributed by atoms with Gasteiger partial charge < -0.3 is 15.6 Å². The van der Waals surface area contributed by atoms with E-state index in [1.165, 1.54) is 6.07 Å². The molecule has 1 saturated heterocycles.